The quantitative estimate of drug-likeness (QED) is 0.650. The summed E-state index contributed by atoms with van der Waals surface area (Å²) >= 11 is 1.22. The molecule has 1 aliphatic heterocycles. The van der Waals surface area contributed by atoms with E-state index in [1.807, 2.05) is 65.6 Å². The van der Waals surface area contributed by atoms with E-state index in [1.54, 1.807) is 10.3 Å². The number of nitrogens with one attached hydrogen (secondary N) is 1. The molecule has 0 bridgehead atoms. The number of hydrogen-bond donors (Lipinski definition) is 1. The van der Waals surface area contributed by atoms with Crippen LogP contribution in [0.1, 0.15) is 34.5 Å². The molecule has 164 valence electrons. The summed E-state index contributed by atoms with van der Waals surface area (Å²) in [6.45, 7) is 3.20. The fraction of sp³-hybridized carbons (Fsp3) is 0.250. The first-order valence-corrected chi connectivity index (χ1v) is 11.3. The zero-order valence-corrected chi connectivity index (χ0v) is 18.5. The van der Waals surface area contributed by atoms with Gasteiger partial charge in [-0.15, -0.1) is 11.3 Å². The van der Waals surface area contributed by atoms with Gasteiger partial charge in [-0.2, -0.15) is 0 Å². The number of nitrogens with zero attached hydrogens (tertiary/aromatic N) is 3. The molecule has 0 saturated carbocycles. The number of thiazole rings is 1. The van der Waals surface area contributed by atoms with Crippen LogP contribution in [0.5, 0.6) is 0 Å². The fourth-order valence-electron chi connectivity index (χ4n) is 3.82. The Labute approximate surface area is 190 Å². The second-order valence-corrected chi connectivity index (χ2v) is 8.45. The van der Waals surface area contributed by atoms with Crippen LogP contribution in [-0.2, 0) is 9.59 Å². The van der Waals surface area contributed by atoms with Crippen molar-refractivity contribution in [1.29, 1.82) is 0 Å². The Kier molecular flexibility index (Phi) is 6.61. The van der Waals surface area contributed by atoms with Crippen LogP contribution < -0.4 is 5.32 Å². The van der Waals surface area contributed by atoms with E-state index in [0.717, 1.165) is 11.1 Å². The number of carbonyl (C=O) groups excluding carboxylic acids is 3. The van der Waals surface area contributed by atoms with Gasteiger partial charge in [0.25, 0.3) is 5.91 Å². The zero-order valence-electron chi connectivity index (χ0n) is 17.7. The summed E-state index contributed by atoms with van der Waals surface area (Å²) in [5, 5.41) is 4.64. The Hall–Kier alpha value is -3.52. The highest BCUT2D eigenvalue weighted by atomic mass is 32.1. The number of benzene rings is 2. The molecule has 3 amide bonds. The van der Waals surface area contributed by atoms with Gasteiger partial charge in [0.2, 0.25) is 11.8 Å². The topological polar surface area (TPSA) is 82.6 Å². The third kappa shape index (κ3) is 4.86. The fourth-order valence-corrected chi connectivity index (χ4v) is 4.55. The van der Waals surface area contributed by atoms with Crippen LogP contribution in [0.15, 0.2) is 66.0 Å². The van der Waals surface area contributed by atoms with Crippen LogP contribution >= 0.6 is 11.3 Å². The number of rotatable bonds is 5. The lowest BCUT2D eigenvalue weighted by Crippen LogP contribution is -2.51. The molecule has 0 radical (unpaired) electrons. The minimum absolute atomic E-state index is 0.0381. The first-order valence-electron chi connectivity index (χ1n) is 10.4. The molecule has 0 atom stereocenters. The molecule has 0 unspecified atom stereocenters. The lowest BCUT2D eigenvalue weighted by Gasteiger charge is -2.36. The molecule has 1 fully saturated rings. The van der Waals surface area contributed by atoms with Crippen molar-refractivity contribution in [2.75, 3.05) is 31.5 Å². The van der Waals surface area contributed by atoms with Gasteiger partial charge in [-0.25, -0.2) is 4.98 Å². The van der Waals surface area contributed by atoms with Gasteiger partial charge in [0, 0.05) is 38.5 Å². The van der Waals surface area contributed by atoms with Crippen molar-refractivity contribution in [2.45, 2.75) is 12.8 Å². The van der Waals surface area contributed by atoms with E-state index < -0.39 is 0 Å². The van der Waals surface area contributed by atoms with E-state index >= 15 is 0 Å². The van der Waals surface area contributed by atoms with Gasteiger partial charge in [0.15, 0.2) is 5.13 Å². The van der Waals surface area contributed by atoms with Gasteiger partial charge in [-0.05, 0) is 11.1 Å². The molecule has 1 aliphatic rings. The van der Waals surface area contributed by atoms with Crippen LogP contribution in [-0.4, -0.2) is 58.7 Å². The highest BCUT2D eigenvalue weighted by Gasteiger charge is 2.31. The average molecular weight is 449 g/mol. The zero-order chi connectivity index (χ0) is 22.5. The lowest BCUT2D eigenvalue weighted by molar-refractivity contribution is -0.133. The van der Waals surface area contributed by atoms with Gasteiger partial charge in [0.1, 0.15) is 5.69 Å². The molecule has 1 N–H and O–H groups in total. The van der Waals surface area contributed by atoms with Crippen molar-refractivity contribution in [3.63, 3.8) is 0 Å². The summed E-state index contributed by atoms with van der Waals surface area (Å²) in [6.07, 6.45) is 0. The van der Waals surface area contributed by atoms with Gasteiger partial charge in [-0.3, -0.25) is 14.4 Å². The standard InChI is InChI=1S/C24H24N4O3S/c1-17(29)25-24-26-20(16-32-24)22(30)27-12-14-28(15-13-27)23(31)21(18-8-4-2-5-9-18)19-10-6-3-7-11-19/h2-11,16,21H,12-15H2,1H3,(H,25,26,29). The van der Waals surface area contributed by atoms with E-state index in [2.05, 4.69) is 10.3 Å². The van der Waals surface area contributed by atoms with Gasteiger partial charge in [0.05, 0.1) is 5.92 Å². The highest BCUT2D eigenvalue weighted by Crippen LogP contribution is 2.27. The van der Waals surface area contributed by atoms with E-state index in [-0.39, 0.29) is 23.6 Å². The average Bonchev–Trinajstić information content (AvgIpc) is 3.28. The van der Waals surface area contributed by atoms with Gasteiger partial charge < -0.3 is 15.1 Å². The highest BCUT2D eigenvalue weighted by molar-refractivity contribution is 7.14. The van der Waals surface area contributed by atoms with Gasteiger partial charge >= 0.3 is 0 Å². The maximum Gasteiger partial charge on any atom is 0.273 e. The minimum atomic E-state index is -0.376. The maximum atomic E-state index is 13.5. The first kappa shape index (κ1) is 21.7. The third-order valence-corrected chi connectivity index (χ3v) is 6.16. The van der Waals surface area contributed by atoms with Gasteiger partial charge in [-0.1, -0.05) is 60.7 Å². The van der Waals surface area contributed by atoms with Crippen molar-refractivity contribution >= 4 is 34.2 Å². The SMILES string of the molecule is CC(=O)Nc1nc(C(=O)N2CCN(C(=O)C(c3ccccc3)c3ccccc3)CC2)cs1. The normalized spacial score (nSPS) is 13.8. The molecular formula is C24H24N4O3S. The van der Waals surface area contributed by atoms with Crippen molar-refractivity contribution < 1.29 is 14.4 Å². The molecular weight excluding hydrogens is 424 g/mol. The number of piperazine rings is 1. The number of hydrogen-bond acceptors (Lipinski definition) is 5. The van der Waals surface area contributed by atoms with Crippen LogP contribution in [0.3, 0.4) is 0 Å². The smallest absolute Gasteiger partial charge is 0.273 e. The number of amides is 3. The Morgan fingerprint density at radius 1 is 0.875 bits per heavy atom. The van der Waals surface area contributed by atoms with Crippen molar-refractivity contribution in [3.8, 4) is 0 Å². The molecule has 1 aromatic heterocycles. The molecule has 32 heavy (non-hydrogen) atoms. The largest absolute Gasteiger partial charge is 0.338 e. The lowest BCUT2D eigenvalue weighted by atomic mass is 9.90. The molecule has 7 nitrogen and oxygen atoms in total. The van der Waals surface area contributed by atoms with Crippen molar-refractivity contribution in [1.82, 2.24) is 14.8 Å². The molecule has 0 aliphatic carbocycles. The summed E-state index contributed by atoms with van der Waals surface area (Å²) in [4.78, 5) is 45.2. The monoisotopic (exact) mass is 448 g/mol. The number of carbonyl (C=O) groups is 3. The molecule has 2 heterocycles. The minimum Gasteiger partial charge on any atom is -0.338 e. The summed E-state index contributed by atoms with van der Waals surface area (Å²) in [6, 6.07) is 19.6. The van der Waals surface area contributed by atoms with E-state index in [1.165, 1.54) is 18.3 Å². The molecule has 4 rings (SSSR count). The Balaban J connectivity index is 1.44. The molecule has 0 spiro atoms. The number of aromatic nitrogens is 1. The summed E-state index contributed by atoms with van der Waals surface area (Å²) in [5.41, 5.74) is 2.22. The van der Waals surface area contributed by atoms with Crippen LogP contribution in [0.2, 0.25) is 0 Å². The molecule has 3 aromatic rings. The van der Waals surface area contributed by atoms with Crippen LogP contribution in [0, 0.1) is 0 Å². The second kappa shape index (κ2) is 9.74. The Morgan fingerprint density at radius 3 is 1.94 bits per heavy atom. The molecule has 2 aromatic carbocycles. The predicted molar refractivity (Wildman–Crippen MR) is 124 cm³/mol. The predicted octanol–water partition coefficient (Wildman–Crippen LogP) is 3.22. The third-order valence-electron chi connectivity index (χ3n) is 5.40. The van der Waals surface area contributed by atoms with E-state index in [4.69, 9.17) is 0 Å². The second-order valence-electron chi connectivity index (χ2n) is 7.59. The van der Waals surface area contributed by atoms with E-state index in [0.29, 0.717) is 37.0 Å². The Morgan fingerprint density at radius 2 is 1.41 bits per heavy atom. The number of anilines is 1. The summed E-state index contributed by atoms with van der Waals surface area (Å²) in [5.74, 6) is -0.751. The molecule has 8 heteroatoms. The van der Waals surface area contributed by atoms with Crippen LogP contribution in [0.4, 0.5) is 5.13 Å². The van der Waals surface area contributed by atoms with E-state index in [9.17, 15) is 14.4 Å². The summed E-state index contributed by atoms with van der Waals surface area (Å²) in [7, 11) is 0. The molecule has 1 saturated heterocycles. The maximum absolute atomic E-state index is 13.5. The van der Waals surface area contributed by atoms with Crippen molar-refractivity contribution in [2.24, 2.45) is 0 Å². The van der Waals surface area contributed by atoms with Crippen molar-refractivity contribution in [3.05, 3.63) is 82.9 Å². The first-order chi connectivity index (χ1) is 15.5. The Bertz CT molecular complexity index is 1050. The van der Waals surface area contributed by atoms with Crippen LogP contribution in [0.25, 0.3) is 0 Å². The summed E-state index contributed by atoms with van der Waals surface area (Å²) < 4.78 is 0.